The lowest BCUT2D eigenvalue weighted by Gasteiger charge is -2.26. The monoisotopic (exact) mass is 289 g/mol. The molecule has 1 aromatic carbocycles. The Labute approximate surface area is 123 Å². The molecule has 0 spiro atoms. The van der Waals surface area contributed by atoms with E-state index in [1.165, 1.54) is 18.9 Å². The van der Waals surface area contributed by atoms with Crippen molar-refractivity contribution in [1.82, 2.24) is 10.1 Å². The van der Waals surface area contributed by atoms with Crippen molar-refractivity contribution in [2.75, 3.05) is 6.54 Å². The molecule has 1 aliphatic rings. The maximum absolute atomic E-state index is 13.8. The maximum Gasteiger partial charge on any atom is 0.234 e. The summed E-state index contributed by atoms with van der Waals surface area (Å²) in [5.74, 6) is 0.526. The lowest BCUT2D eigenvalue weighted by Crippen LogP contribution is -2.35. The Balaban J connectivity index is 1.95. The fourth-order valence-electron chi connectivity index (χ4n) is 3.10. The SMILES string of the molecule is NCC1(c2nc(-c3ccccc3F)no2)CCCCCC1. The molecule has 0 bridgehead atoms. The second kappa shape index (κ2) is 5.93. The molecule has 1 fully saturated rings. The summed E-state index contributed by atoms with van der Waals surface area (Å²) in [4.78, 5) is 4.45. The summed E-state index contributed by atoms with van der Waals surface area (Å²) >= 11 is 0. The third-order valence-corrected chi connectivity index (χ3v) is 4.45. The summed E-state index contributed by atoms with van der Waals surface area (Å²) in [7, 11) is 0. The van der Waals surface area contributed by atoms with Gasteiger partial charge in [0, 0.05) is 6.54 Å². The number of rotatable bonds is 3. The maximum atomic E-state index is 13.8. The Morgan fingerprint density at radius 3 is 2.52 bits per heavy atom. The first-order chi connectivity index (χ1) is 10.2. The van der Waals surface area contributed by atoms with Crippen molar-refractivity contribution in [3.8, 4) is 11.4 Å². The van der Waals surface area contributed by atoms with Crippen molar-refractivity contribution in [3.63, 3.8) is 0 Å². The molecule has 0 unspecified atom stereocenters. The summed E-state index contributed by atoms with van der Waals surface area (Å²) in [6.45, 7) is 0.492. The molecule has 0 saturated heterocycles. The highest BCUT2D eigenvalue weighted by Gasteiger charge is 2.37. The van der Waals surface area contributed by atoms with Gasteiger partial charge in [-0.15, -0.1) is 0 Å². The minimum Gasteiger partial charge on any atom is -0.338 e. The molecule has 21 heavy (non-hydrogen) atoms. The van der Waals surface area contributed by atoms with Crippen molar-refractivity contribution < 1.29 is 8.91 Å². The molecule has 3 rings (SSSR count). The molecule has 0 aliphatic heterocycles. The van der Waals surface area contributed by atoms with E-state index < -0.39 is 0 Å². The van der Waals surface area contributed by atoms with Gasteiger partial charge in [0.05, 0.1) is 11.0 Å². The Morgan fingerprint density at radius 1 is 1.14 bits per heavy atom. The quantitative estimate of drug-likeness (QED) is 0.879. The number of hydrogen-bond acceptors (Lipinski definition) is 4. The second-order valence-electron chi connectivity index (χ2n) is 5.80. The topological polar surface area (TPSA) is 64.9 Å². The average molecular weight is 289 g/mol. The van der Waals surface area contributed by atoms with Crippen LogP contribution in [0.5, 0.6) is 0 Å². The molecular formula is C16H20FN3O. The highest BCUT2D eigenvalue weighted by Crippen LogP contribution is 2.37. The standard InChI is InChI=1S/C16H20FN3O/c17-13-8-4-3-7-12(13)14-19-15(21-20-14)16(11-18)9-5-1-2-6-10-16/h3-4,7-8H,1-2,5-6,9-11,18H2. The van der Waals surface area contributed by atoms with E-state index in [2.05, 4.69) is 10.1 Å². The van der Waals surface area contributed by atoms with Gasteiger partial charge in [-0.3, -0.25) is 0 Å². The van der Waals surface area contributed by atoms with Crippen LogP contribution in [0.3, 0.4) is 0 Å². The van der Waals surface area contributed by atoms with Gasteiger partial charge in [-0.25, -0.2) is 4.39 Å². The molecule has 1 heterocycles. The van der Waals surface area contributed by atoms with Crippen LogP contribution in [0, 0.1) is 5.82 Å². The van der Waals surface area contributed by atoms with Gasteiger partial charge in [-0.2, -0.15) is 4.98 Å². The van der Waals surface area contributed by atoms with Crippen LogP contribution in [-0.4, -0.2) is 16.7 Å². The van der Waals surface area contributed by atoms with E-state index in [-0.39, 0.29) is 11.2 Å². The number of hydrogen-bond donors (Lipinski definition) is 1. The molecule has 112 valence electrons. The van der Waals surface area contributed by atoms with E-state index in [0.29, 0.717) is 23.8 Å². The molecule has 2 aromatic rings. The van der Waals surface area contributed by atoms with Crippen molar-refractivity contribution in [1.29, 1.82) is 0 Å². The fraction of sp³-hybridized carbons (Fsp3) is 0.500. The van der Waals surface area contributed by atoms with E-state index in [9.17, 15) is 4.39 Å². The van der Waals surface area contributed by atoms with Crippen LogP contribution in [0.4, 0.5) is 4.39 Å². The van der Waals surface area contributed by atoms with E-state index in [1.807, 2.05) is 0 Å². The number of aromatic nitrogens is 2. The van der Waals surface area contributed by atoms with Crippen LogP contribution in [0.2, 0.25) is 0 Å². The lowest BCUT2D eigenvalue weighted by molar-refractivity contribution is 0.257. The van der Waals surface area contributed by atoms with Gasteiger partial charge in [0.2, 0.25) is 11.7 Å². The van der Waals surface area contributed by atoms with Gasteiger partial charge in [-0.05, 0) is 25.0 Å². The second-order valence-corrected chi connectivity index (χ2v) is 5.80. The van der Waals surface area contributed by atoms with E-state index in [4.69, 9.17) is 10.3 Å². The molecule has 0 atom stereocenters. The van der Waals surface area contributed by atoms with E-state index in [1.54, 1.807) is 18.2 Å². The number of nitrogens with zero attached hydrogens (tertiary/aromatic N) is 2. The Morgan fingerprint density at radius 2 is 1.86 bits per heavy atom. The van der Waals surface area contributed by atoms with E-state index >= 15 is 0 Å². The summed E-state index contributed by atoms with van der Waals surface area (Å²) in [6.07, 6.45) is 6.60. The average Bonchev–Trinajstić information content (AvgIpc) is 2.87. The van der Waals surface area contributed by atoms with Crippen LogP contribution >= 0.6 is 0 Å². The predicted molar refractivity (Wildman–Crippen MR) is 78.1 cm³/mol. The minimum absolute atomic E-state index is 0.243. The smallest absolute Gasteiger partial charge is 0.234 e. The molecule has 0 radical (unpaired) electrons. The highest BCUT2D eigenvalue weighted by atomic mass is 19.1. The molecule has 1 saturated carbocycles. The molecule has 1 aliphatic carbocycles. The van der Waals surface area contributed by atoms with Gasteiger partial charge in [0.1, 0.15) is 5.82 Å². The highest BCUT2D eigenvalue weighted by molar-refractivity contribution is 5.54. The first kappa shape index (κ1) is 14.2. The third-order valence-electron chi connectivity index (χ3n) is 4.45. The predicted octanol–water partition coefficient (Wildman–Crippen LogP) is 3.43. The molecular weight excluding hydrogens is 269 g/mol. The normalized spacial score (nSPS) is 18.4. The molecule has 4 nitrogen and oxygen atoms in total. The van der Waals surface area contributed by atoms with Gasteiger partial charge >= 0.3 is 0 Å². The Kier molecular flexibility index (Phi) is 4.01. The van der Waals surface area contributed by atoms with Gasteiger partial charge in [0.25, 0.3) is 0 Å². The van der Waals surface area contributed by atoms with Gasteiger partial charge < -0.3 is 10.3 Å². The van der Waals surface area contributed by atoms with Crippen molar-refractivity contribution >= 4 is 0 Å². The Hall–Kier alpha value is -1.75. The van der Waals surface area contributed by atoms with Crippen LogP contribution < -0.4 is 5.73 Å². The largest absolute Gasteiger partial charge is 0.338 e. The van der Waals surface area contributed by atoms with Crippen molar-refractivity contribution in [2.24, 2.45) is 5.73 Å². The molecule has 1 aromatic heterocycles. The zero-order valence-corrected chi connectivity index (χ0v) is 12.0. The lowest BCUT2D eigenvalue weighted by atomic mass is 9.80. The van der Waals surface area contributed by atoms with Gasteiger partial charge in [0.15, 0.2) is 0 Å². The van der Waals surface area contributed by atoms with Crippen LogP contribution in [0.1, 0.15) is 44.4 Å². The number of nitrogens with two attached hydrogens (primary N) is 1. The zero-order chi connectivity index (χ0) is 14.7. The molecule has 0 amide bonds. The number of halogens is 1. The summed E-state index contributed by atoms with van der Waals surface area (Å²) in [6, 6.07) is 6.47. The summed E-state index contributed by atoms with van der Waals surface area (Å²) < 4.78 is 19.3. The number of benzene rings is 1. The van der Waals surface area contributed by atoms with Gasteiger partial charge in [-0.1, -0.05) is 43.0 Å². The summed E-state index contributed by atoms with van der Waals surface area (Å²) in [5, 5.41) is 3.96. The third kappa shape index (κ3) is 2.70. The fourth-order valence-corrected chi connectivity index (χ4v) is 3.10. The first-order valence-corrected chi connectivity index (χ1v) is 7.54. The minimum atomic E-state index is -0.340. The summed E-state index contributed by atoms with van der Waals surface area (Å²) in [5.41, 5.74) is 6.14. The first-order valence-electron chi connectivity index (χ1n) is 7.54. The molecule has 5 heteroatoms. The Bertz CT molecular complexity index is 603. The van der Waals surface area contributed by atoms with Crippen LogP contribution in [-0.2, 0) is 5.41 Å². The van der Waals surface area contributed by atoms with Crippen LogP contribution in [0.25, 0.3) is 11.4 Å². The molecule has 2 N–H and O–H groups in total. The zero-order valence-electron chi connectivity index (χ0n) is 12.0. The van der Waals surface area contributed by atoms with Crippen LogP contribution in [0.15, 0.2) is 28.8 Å². The van der Waals surface area contributed by atoms with Crippen molar-refractivity contribution in [3.05, 3.63) is 36.0 Å². The van der Waals surface area contributed by atoms with Crippen molar-refractivity contribution in [2.45, 2.75) is 43.9 Å². The van der Waals surface area contributed by atoms with E-state index in [0.717, 1.165) is 25.7 Å².